The Balaban J connectivity index is 3.40. The zero-order valence-electron chi connectivity index (χ0n) is 23.0. The molecular formula is C33H52O4. The molecule has 0 amide bonds. The molecule has 0 aromatic carbocycles. The molecule has 0 saturated heterocycles. The van der Waals surface area contributed by atoms with Crippen molar-refractivity contribution in [3.8, 4) is 36.0 Å². The Morgan fingerprint density at radius 3 is 1.62 bits per heavy atom. The SMILES string of the molecule is C#CC(O)/C=C/CCCCCCCCCC/C=C/C(O)CCCCCCCCCC(O)C#CC#CCO. The van der Waals surface area contributed by atoms with Crippen molar-refractivity contribution in [1.29, 1.82) is 0 Å². The topological polar surface area (TPSA) is 80.9 Å². The summed E-state index contributed by atoms with van der Waals surface area (Å²) in [5.74, 6) is 12.4. The molecule has 4 nitrogen and oxygen atoms in total. The fourth-order valence-corrected chi connectivity index (χ4v) is 4.07. The first-order chi connectivity index (χ1) is 18.1. The number of aliphatic hydroxyl groups excluding tert-OH is 4. The van der Waals surface area contributed by atoms with E-state index in [1.807, 2.05) is 12.2 Å². The Hall–Kier alpha value is -2.00. The van der Waals surface area contributed by atoms with Crippen LogP contribution >= 0.6 is 0 Å². The molecule has 0 aromatic heterocycles. The molecule has 4 heteroatoms. The highest BCUT2D eigenvalue weighted by Crippen LogP contribution is 2.13. The molecule has 0 spiro atoms. The van der Waals surface area contributed by atoms with E-state index in [0.717, 1.165) is 51.4 Å². The van der Waals surface area contributed by atoms with E-state index in [4.69, 9.17) is 11.5 Å². The van der Waals surface area contributed by atoms with Crippen molar-refractivity contribution >= 4 is 0 Å². The molecule has 0 saturated carbocycles. The van der Waals surface area contributed by atoms with E-state index in [9.17, 15) is 15.3 Å². The molecule has 0 aliphatic heterocycles. The monoisotopic (exact) mass is 512 g/mol. The first-order valence-corrected chi connectivity index (χ1v) is 14.5. The highest BCUT2D eigenvalue weighted by atomic mass is 16.3. The predicted molar refractivity (Wildman–Crippen MR) is 155 cm³/mol. The molecule has 208 valence electrons. The molecule has 3 unspecified atom stereocenters. The van der Waals surface area contributed by atoms with Crippen LogP contribution in [-0.2, 0) is 0 Å². The van der Waals surface area contributed by atoms with Crippen molar-refractivity contribution in [3.05, 3.63) is 24.3 Å². The summed E-state index contributed by atoms with van der Waals surface area (Å²) in [5.41, 5.74) is 0. The highest BCUT2D eigenvalue weighted by molar-refractivity contribution is 5.27. The van der Waals surface area contributed by atoms with Crippen LogP contribution in [0.2, 0.25) is 0 Å². The van der Waals surface area contributed by atoms with Gasteiger partial charge in [0.25, 0.3) is 0 Å². The maximum Gasteiger partial charge on any atom is 0.133 e. The molecular weight excluding hydrogens is 460 g/mol. The molecule has 0 bridgehead atoms. The van der Waals surface area contributed by atoms with E-state index in [1.165, 1.54) is 64.2 Å². The van der Waals surface area contributed by atoms with Gasteiger partial charge in [0.15, 0.2) is 0 Å². The van der Waals surface area contributed by atoms with Crippen LogP contribution in [0.4, 0.5) is 0 Å². The van der Waals surface area contributed by atoms with Crippen LogP contribution in [0.3, 0.4) is 0 Å². The minimum atomic E-state index is -0.740. The Morgan fingerprint density at radius 1 is 0.595 bits per heavy atom. The van der Waals surface area contributed by atoms with E-state index < -0.39 is 12.2 Å². The first kappa shape index (κ1) is 35.0. The minimum Gasteiger partial charge on any atom is -0.389 e. The highest BCUT2D eigenvalue weighted by Gasteiger charge is 2.01. The third-order valence-corrected chi connectivity index (χ3v) is 6.29. The van der Waals surface area contributed by atoms with Crippen molar-refractivity contribution < 1.29 is 20.4 Å². The smallest absolute Gasteiger partial charge is 0.133 e. The fraction of sp³-hybridized carbons (Fsp3) is 0.697. The Bertz CT molecular complexity index is 725. The Morgan fingerprint density at radius 2 is 1.08 bits per heavy atom. The molecule has 3 atom stereocenters. The standard InChI is InChI=1S/C33H52O4/c1-2-31(35)25-19-14-10-7-5-3-4-6-8-11-15-20-26-32(36)27-21-16-12-9-13-17-22-28-33(37)29-23-18-24-30-34/h1,19-20,25-26,31-37H,3-17,21-22,27-28,30H2/b25-19+,26-20+. The van der Waals surface area contributed by atoms with Crippen molar-refractivity contribution in [3.63, 3.8) is 0 Å². The van der Waals surface area contributed by atoms with Crippen molar-refractivity contribution in [1.82, 2.24) is 0 Å². The molecule has 37 heavy (non-hydrogen) atoms. The number of unbranched alkanes of at least 4 members (excludes halogenated alkanes) is 15. The van der Waals surface area contributed by atoms with Gasteiger partial charge in [-0.05, 0) is 62.9 Å². The van der Waals surface area contributed by atoms with Crippen LogP contribution in [-0.4, -0.2) is 45.3 Å². The van der Waals surface area contributed by atoms with Gasteiger partial charge in [0.1, 0.15) is 18.8 Å². The number of hydrogen-bond donors (Lipinski definition) is 4. The third-order valence-electron chi connectivity index (χ3n) is 6.29. The normalized spacial score (nSPS) is 13.5. The molecule has 0 rings (SSSR count). The van der Waals surface area contributed by atoms with Gasteiger partial charge in [0.05, 0.1) is 6.10 Å². The van der Waals surface area contributed by atoms with Gasteiger partial charge < -0.3 is 20.4 Å². The van der Waals surface area contributed by atoms with Gasteiger partial charge in [-0.3, -0.25) is 0 Å². The number of allylic oxidation sites excluding steroid dienone is 2. The van der Waals surface area contributed by atoms with E-state index in [2.05, 4.69) is 35.7 Å². The largest absolute Gasteiger partial charge is 0.389 e. The maximum absolute atomic E-state index is 10.1. The molecule has 0 radical (unpaired) electrons. The zero-order valence-corrected chi connectivity index (χ0v) is 23.0. The van der Waals surface area contributed by atoms with Gasteiger partial charge in [0, 0.05) is 0 Å². The van der Waals surface area contributed by atoms with Gasteiger partial charge in [-0.15, -0.1) is 6.42 Å². The van der Waals surface area contributed by atoms with Crippen LogP contribution < -0.4 is 0 Å². The molecule has 0 fully saturated rings. The van der Waals surface area contributed by atoms with E-state index >= 15 is 0 Å². The van der Waals surface area contributed by atoms with Crippen molar-refractivity contribution in [2.45, 2.75) is 140 Å². The summed E-state index contributed by atoms with van der Waals surface area (Å²) in [7, 11) is 0. The summed E-state index contributed by atoms with van der Waals surface area (Å²) in [4.78, 5) is 0. The van der Waals surface area contributed by atoms with Gasteiger partial charge >= 0.3 is 0 Å². The summed E-state index contributed by atoms with van der Waals surface area (Å²) in [5, 5.41) is 37.6. The lowest BCUT2D eigenvalue weighted by Crippen LogP contribution is -2.02. The predicted octanol–water partition coefficient (Wildman–Crippen LogP) is 6.23. The number of terminal acetylenes is 1. The fourth-order valence-electron chi connectivity index (χ4n) is 4.07. The lowest BCUT2D eigenvalue weighted by molar-refractivity contribution is 0.207. The molecule has 0 aromatic rings. The van der Waals surface area contributed by atoms with Crippen LogP contribution in [0.15, 0.2) is 24.3 Å². The maximum atomic E-state index is 10.1. The average molecular weight is 513 g/mol. The zero-order chi connectivity index (χ0) is 27.2. The number of hydrogen-bond acceptors (Lipinski definition) is 4. The molecule has 0 aliphatic rings. The summed E-state index contributed by atoms with van der Waals surface area (Å²) in [6.45, 7) is -0.203. The van der Waals surface area contributed by atoms with E-state index in [0.29, 0.717) is 6.42 Å². The minimum absolute atomic E-state index is 0.203. The van der Waals surface area contributed by atoms with Gasteiger partial charge in [-0.25, -0.2) is 0 Å². The second kappa shape index (κ2) is 28.6. The molecule has 0 heterocycles. The van der Waals surface area contributed by atoms with Gasteiger partial charge in [-0.1, -0.05) is 113 Å². The lowest BCUT2D eigenvalue weighted by Gasteiger charge is -2.06. The van der Waals surface area contributed by atoms with Crippen LogP contribution in [0.5, 0.6) is 0 Å². The van der Waals surface area contributed by atoms with Crippen molar-refractivity contribution in [2.24, 2.45) is 0 Å². The first-order valence-electron chi connectivity index (χ1n) is 14.5. The van der Waals surface area contributed by atoms with E-state index in [1.54, 1.807) is 6.08 Å². The number of rotatable bonds is 23. The summed E-state index contributed by atoms with van der Waals surface area (Å²) < 4.78 is 0. The van der Waals surface area contributed by atoms with E-state index in [-0.39, 0.29) is 12.7 Å². The van der Waals surface area contributed by atoms with Gasteiger partial charge in [0.2, 0.25) is 0 Å². The summed E-state index contributed by atoms with van der Waals surface area (Å²) >= 11 is 0. The molecule has 4 N–H and O–H groups in total. The third kappa shape index (κ3) is 28.4. The Kier molecular flexibility index (Phi) is 27.0. The second-order valence-corrected chi connectivity index (χ2v) is 9.74. The second-order valence-electron chi connectivity index (χ2n) is 9.74. The quantitative estimate of drug-likeness (QED) is 0.0744. The van der Waals surface area contributed by atoms with Crippen molar-refractivity contribution in [2.75, 3.05) is 6.61 Å². The van der Waals surface area contributed by atoms with Gasteiger partial charge in [-0.2, -0.15) is 0 Å². The van der Waals surface area contributed by atoms with Crippen LogP contribution in [0.1, 0.15) is 122 Å². The van der Waals surface area contributed by atoms with Crippen LogP contribution in [0, 0.1) is 36.0 Å². The molecule has 0 aliphatic carbocycles. The Labute approximate surface area is 227 Å². The summed E-state index contributed by atoms with van der Waals surface area (Å²) in [6.07, 6.45) is 32.7. The lowest BCUT2D eigenvalue weighted by atomic mass is 10.0. The number of aliphatic hydroxyl groups is 4. The summed E-state index contributed by atoms with van der Waals surface area (Å²) in [6, 6.07) is 0. The average Bonchev–Trinajstić information content (AvgIpc) is 2.90. The van der Waals surface area contributed by atoms with Crippen LogP contribution in [0.25, 0.3) is 0 Å².